The second kappa shape index (κ2) is 6.48. The molecule has 20 heavy (non-hydrogen) atoms. The Morgan fingerprint density at radius 2 is 1.90 bits per heavy atom. The zero-order valence-electron chi connectivity index (χ0n) is 11.5. The maximum absolute atomic E-state index is 13.8. The van der Waals surface area contributed by atoms with Crippen LogP contribution in [0.25, 0.3) is 0 Å². The van der Waals surface area contributed by atoms with Gasteiger partial charge in [0.2, 0.25) is 0 Å². The predicted octanol–water partition coefficient (Wildman–Crippen LogP) is 3.57. The van der Waals surface area contributed by atoms with Crippen LogP contribution in [0.5, 0.6) is 5.75 Å². The van der Waals surface area contributed by atoms with Gasteiger partial charge in [0, 0.05) is 6.54 Å². The topological polar surface area (TPSA) is 21.3 Å². The Kier molecular flexibility index (Phi) is 4.69. The van der Waals surface area contributed by atoms with Gasteiger partial charge >= 0.3 is 0 Å². The van der Waals surface area contributed by atoms with Crippen molar-refractivity contribution in [2.75, 3.05) is 7.05 Å². The van der Waals surface area contributed by atoms with E-state index in [1.807, 2.05) is 6.07 Å². The fourth-order valence-electron chi connectivity index (χ4n) is 1.95. The normalized spacial score (nSPS) is 10.6. The van der Waals surface area contributed by atoms with Gasteiger partial charge in [-0.15, -0.1) is 0 Å². The van der Waals surface area contributed by atoms with Gasteiger partial charge in [0.25, 0.3) is 0 Å². The van der Waals surface area contributed by atoms with Crippen LogP contribution in [0, 0.1) is 18.6 Å². The third kappa shape index (κ3) is 3.54. The van der Waals surface area contributed by atoms with Crippen molar-refractivity contribution in [1.82, 2.24) is 5.32 Å². The summed E-state index contributed by atoms with van der Waals surface area (Å²) in [5, 5.41) is 2.96. The Labute approximate surface area is 117 Å². The average Bonchev–Trinajstić information content (AvgIpc) is 2.40. The number of rotatable bonds is 5. The van der Waals surface area contributed by atoms with Crippen LogP contribution < -0.4 is 10.1 Å². The SMILES string of the molecule is CNCc1ccc(OCc2ccc(F)cc2C)c(F)c1. The van der Waals surface area contributed by atoms with Gasteiger partial charge in [-0.1, -0.05) is 12.1 Å². The van der Waals surface area contributed by atoms with Crippen LogP contribution in [0.15, 0.2) is 36.4 Å². The monoisotopic (exact) mass is 277 g/mol. The Morgan fingerprint density at radius 3 is 2.55 bits per heavy atom. The number of ether oxygens (including phenoxy) is 1. The summed E-state index contributed by atoms with van der Waals surface area (Å²) < 4.78 is 32.3. The number of halogens is 2. The summed E-state index contributed by atoms with van der Waals surface area (Å²) in [6.45, 7) is 2.62. The van der Waals surface area contributed by atoms with Crippen LogP contribution in [0.2, 0.25) is 0 Å². The summed E-state index contributed by atoms with van der Waals surface area (Å²) in [7, 11) is 1.81. The Morgan fingerprint density at radius 1 is 1.10 bits per heavy atom. The van der Waals surface area contributed by atoms with E-state index in [1.165, 1.54) is 18.2 Å². The molecule has 0 aliphatic carbocycles. The van der Waals surface area contributed by atoms with Gasteiger partial charge in [-0.3, -0.25) is 0 Å². The maximum atomic E-state index is 13.8. The molecule has 0 spiro atoms. The molecule has 1 N–H and O–H groups in total. The van der Waals surface area contributed by atoms with Gasteiger partial charge in [0.15, 0.2) is 11.6 Å². The highest BCUT2D eigenvalue weighted by Crippen LogP contribution is 2.20. The lowest BCUT2D eigenvalue weighted by Crippen LogP contribution is -2.06. The van der Waals surface area contributed by atoms with Crippen molar-refractivity contribution in [3.05, 3.63) is 64.7 Å². The third-order valence-electron chi connectivity index (χ3n) is 3.07. The number of hydrogen-bond acceptors (Lipinski definition) is 2. The van der Waals surface area contributed by atoms with Crippen molar-refractivity contribution in [3.8, 4) is 5.75 Å². The van der Waals surface area contributed by atoms with Gasteiger partial charge in [0.1, 0.15) is 12.4 Å². The zero-order valence-corrected chi connectivity index (χ0v) is 11.5. The largest absolute Gasteiger partial charge is 0.486 e. The molecule has 4 heteroatoms. The van der Waals surface area contributed by atoms with E-state index >= 15 is 0 Å². The first-order valence-corrected chi connectivity index (χ1v) is 6.41. The quantitative estimate of drug-likeness (QED) is 0.902. The molecule has 2 aromatic rings. The Balaban J connectivity index is 2.07. The summed E-state index contributed by atoms with van der Waals surface area (Å²) in [5.74, 6) is -0.472. The van der Waals surface area contributed by atoms with Crippen LogP contribution in [0.3, 0.4) is 0 Å². The van der Waals surface area contributed by atoms with Gasteiger partial charge in [-0.2, -0.15) is 0 Å². The van der Waals surface area contributed by atoms with E-state index in [1.54, 1.807) is 26.1 Å². The molecule has 0 fully saturated rings. The second-order valence-corrected chi connectivity index (χ2v) is 4.65. The molecule has 0 saturated carbocycles. The first-order valence-electron chi connectivity index (χ1n) is 6.41. The standard InChI is InChI=1S/C16H17F2NO/c1-11-7-14(17)5-4-13(11)10-20-16-6-3-12(9-19-2)8-15(16)18/h3-8,19H,9-10H2,1-2H3. The molecule has 0 bridgehead atoms. The lowest BCUT2D eigenvalue weighted by molar-refractivity contribution is 0.289. The molecule has 0 atom stereocenters. The molecule has 0 heterocycles. The predicted molar refractivity (Wildman–Crippen MR) is 74.6 cm³/mol. The number of hydrogen-bond donors (Lipinski definition) is 1. The number of nitrogens with one attached hydrogen (secondary N) is 1. The summed E-state index contributed by atoms with van der Waals surface area (Å²) >= 11 is 0. The van der Waals surface area contributed by atoms with Crippen molar-refractivity contribution in [2.45, 2.75) is 20.1 Å². The lowest BCUT2D eigenvalue weighted by Gasteiger charge is -2.10. The number of aryl methyl sites for hydroxylation is 1. The highest BCUT2D eigenvalue weighted by atomic mass is 19.1. The maximum Gasteiger partial charge on any atom is 0.165 e. The first-order chi connectivity index (χ1) is 9.60. The number of benzene rings is 2. The van der Waals surface area contributed by atoms with Gasteiger partial charge in [-0.25, -0.2) is 8.78 Å². The molecular weight excluding hydrogens is 260 g/mol. The minimum atomic E-state index is -0.391. The van der Waals surface area contributed by atoms with Crippen molar-refractivity contribution in [3.63, 3.8) is 0 Å². The Bertz CT molecular complexity index is 599. The second-order valence-electron chi connectivity index (χ2n) is 4.65. The fraction of sp³-hybridized carbons (Fsp3) is 0.250. The molecular formula is C16H17F2NO. The van der Waals surface area contributed by atoms with Gasteiger partial charge < -0.3 is 10.1 Å². The molecule has 0 amide bonds. The van der Waals surface area contributed by atoms with E-state index < -0.39 is 5.82 Å². The van der Waals surface area contributed by atoms with Gasteiger partial charge in [-0.05, 0) is 54.9 Å². The molecule has 2 aromatic carbocycles. The van der Waals surface area contributed by atoms with E-state index in [2.05, 4.69) is 5.32 Å². The molecule has 0 saturated heterocycles. The highest BCUT2D eigenvalue weighted by Gasteiger charge is 2.06. The van der Waals surface area contributed by atoms with Crippen LogP contribution in [0.1, 0.15) is 16.7 Å². The average molecular weight is 277 g/mol. The molecule has 0 unspecified atom stereocenters. The van der Waals surface area contributed by atoms with Crippen LogP contribution in [-0.4, -0.2) is 7.05 Å². The summed E-state index contributed by atoms with van der Waals surface area (Å²) in [6, 6.07) is 9.33. The van der Waals surface area contributed by atoms with Gasteiger partial charge in [0.05, 0.1) is 0 Å². The molecule has 0 aliphatic rings. The van der Waals surface area contributed by atoms with E-state index in [0.717, 1.165) is 16.7 Å². The van der Waals surface area contributed by atoms with Crippen molar-refractivity contribution in [1.29, 1.82) is 0 Å². The van der Waals surface area contributed by atoms with Crippen LogP contribution in [-0.2, 0) is 13.2 Å². The minimum Gasteiger partial charge on any atom is -0.486 e. The van der Waals surface area contributed by atoms with E-state index in [-0.39, 0.29) is 18.2 Å². The van der Waals surface area contributed by atoms with Crippen LogP contribution >= 0.6 is 0 Å². The molecule has 0 aliphatic heterocycles. The van der Waals surface area contributed by atoms with E-state index in [4.69, 9.17) is 4.74 Å². The first kappa shape index (κ1) is 14.5. The summed E-state index contributed by atoms with van der Waals surface area (Å²) in [4.78, 5) is 0. The minimum absolute atomic E-state index is 0.202. The Hall–Kier alpha value is -1.94. The molecule has 0 radical (unpaired) electrons. The highest BCUT2D eigenvalue weighted by molar-refractivity contribution is 5.31. The molecule has 0 aromatic heterocycles. The smallest absolute Gasteiger partial charge is 0.165 e. The van der Waals surface area contributed by atoms with Crippen LogP contribution in [0.4, 0.5) is 8.78 Å². The lowest BCUT2D eigenvalue weighted by atomic mass is 10.1. The molecule has 106 valence electrons. The van der Waals surface area contributed by atoms with E-state index in [0.29, 0.717) is 6.54 Å². The van der Waals surface area contributed by atoms with E-state index in [9.17, 15) is 8.78 Å². The molecule has 2 nitrogen and oxygen atoms in total. The zero-order chi connectivity index (χ0) is 14.5. The third-order valence-corrected chi connectivity index (χ3v) is 3.07. The summed E-state index contributed by atoms with van der Waals surface area (Å²) in [6.07, 6.45) is 0. The fourth-order valence-corrected chi connectivity index (χ4v) is 1.95. The molecule has 2 rings (SSSR count). The summed E-state index contributed by atoms with van der Waals surface area (Å²) in [5.41, 5.74) is 2.48. The van der Waals surface area contributed by atoms with Crippen molar-refractivity contribution < 1.29 is 13.5 Å². The van der Waals surface area contributed by atoms with Crippen molar-refractivity contribution in [2.24, 2.45) is 0 Å². The van der Waals surface area contributed by atoms with Crippen molar-refractivity contribution >= 4 is 0 Å².